The summed E-state index contributed by atoms with van der Waals surface area (Å²) in [7, 11) is 1.62. The van der Waals surface area contributed by atoms with Crippen LogP contribution in [-0.4, -0.2) is 61.2 Å². The van der Waals surface area contributed by atoms with Gasteiger partial charge in [0.25, 0.3) is 0 Å². The van der Waals surface area contributed by atoms with Crippen LogP contribution in [-0.2, 0) is 4.79 Å². The van der Waals surface area contributed by atoms with Crippen molar-refractivity contribution in [2.24, 2.45) is 11.1 Å². The van der Waals surface area contributed by atoms with Gasteiger partial charge in [-0.2, -0.15) is 0 Å². The highest BCUT2D eigenvalue weighted by Gasteiger charge is 2.36. The van der Waals surface area contributed by atoms with Gasteiger partial charge in [-0.15, -0.1) is 0 Å². The minimum Gasteiger partial charge on any atom is -0.497 e. The number of hydrogen-bond donors (Lipinski definition) is 2. The van der Waals surface area contributed by atoms with Gasteiger partial charge in [-0.05, 0) is 11.5 Å². The predicted octanol–water partition coefficient (Wildman–Crippen LogP) is 0.822. The summed E-state index contributed by atoms with van der Waals surface area (Å²) in [5.41, 5.74) is 4.81. The Morgan fingerprint density at radius 2 is 1.92 bits per heavy atom. The number of primary amides is 1. The highest BCUT2D eigenvalue weighted by molar-refractivity contribution is 5.87. The molecule has 1 aliphatic heterocycles. The minimum atomic E-state index is -0.688. The van der Waals surface area contributed by atoms with Gasteiger partial charge < -0.3 is 25.6 Å². The first-order valence-electron chi connectivity index (χ1n) is 8.32. The monoisotopic (exact) mass is 349 g/mol. The number of pyridine rings is 1. The SMILES string of the molecule is COc1ccnc(N2CCN(C(=O)C(NC(N)=O)C(C)(C)C)CC2)c1. The molecule has 3 amide bonds. The highest BCUT2D eigenvalue weighted by atomic mass is 16.5. The number of nitrogens with one attached hydrogen (secondary N) is 1. The number of amides is 3. The maximum absolute atomic E-state index is 12.8. The van der Waals surface area contributed by atoms with Gasteiger partial charge in [0.05, 0.1) is 7.11 Å². The van der Waals surface area contributed by atoms with Gasteiger partial charge in [0.15, 0.2) is 0 Å². The molecular weight excluding hydrogens is 322 g/mol. The number of carbonyl (C=O) groups is 2. The fourth-order valence-electron chi connectivity index (χ4n) is 2.83. The van der Waals surface area contributed by atoms with Crippen molar-refractivity contribution in [3.8, 4) is 5.75 Å². The first-order chi connectivity index (χ1) is 11.7. The molecule has 1 aliphatic rings. The normalized spacial score (nSPS) is 16.3. The molecule has 0 aliphatic carbocycles. The van der Waals surface area contributed by atoms with Crippen molar-refractivity contribution >= 4 is 17.8 Å². The number of carbonyl (C=O) groups excluding carboxylic acids is 2. The van der Waals surface area contributed by atoms with E-state index >= 15 is 0 Å². The number of rotatable bonds is 4. The molecule has 0 aromatic carbocycles. The standard InChI is InChI=1S/C17H27N5O3/c1-17(2,3)14(20-16(18)24)15(23)22-9-7-21(8-10-22)13-11-12(25-4)5-6-19-13/h5-6,11,14H,7-10H2,1-4H3,(H3,18,20,24). The molecule has 8 nitrogen and oxygen atoms in total. The smallest absolute Gasteiger partial charge is 0.312 e. The number of nitrogens with zero attached hydrogens (tertiary/aromatic N) is 3. The van der Waals surface area contributed by atoms with Crippen molar-refractivity contribution in [2.75, 3.05) is 38.2 Å². The third-order valence-corrected chi connectivity index (χ3v) is 4.27. The number of ether oxygens (including phenoxy) is 1. The Morgan fingerprint density at radius 1 is 1.28 bits per heavy atom. The fraction of sp³-hybridized carbons (Fsp3) is 0.588. The summed E-state index contributed by atoms with van der Waals surface area (Å²) >= 11 is 0. The lowest BCUT2D eigenvalue weighted by molar-refractivity contribution is -0.136. The zero-order valence-corrected chi connectivity index (χ0v) is 15.3. The Hall–Kier alpha value is -2.51. The molecule has 2 heterocycles. The molecule has 25 heavy (non-hydrogen) atoms. The average Bonchev–Trinajstić information content (AvgIpc) is 2.58. The highest BCUT2D eigenvalue weighted by Crippen LogP contribution is 2.23. The third kappa shape index (κ3) is 4.74. The van der Waals surface area contributed by atoms with Gasteiger partial charge in [-0.1, -0.05) is 20.8 Å². The number of piperazine rings is 1. The van der Waals surface area contributed by atoms with Crippen molar-refractivity contribution in [3.63, 3.8) is 0 Å². The number of hydrogen-bond acceptors (Lipinski definition) is 5. The fourth-order valence-corrected chi connectivity index (χ4v) is 2.83. The number of methoxy groups -OCH3 is 1. The van der Waals surface area contributed by atoms with Crippen molar-refractivity contribution in [1.29, 1.82) is 0 Å². The quantitative estimate of drug-likeness (QED) is 0.838. The maximum atomic E-state index is 12.8. The molecule has 1 aromatic heterocycles. The predicted molar refractivity (Wildman–Crippen MR) is 95.5 cm³/mol. The average molecular weight is 349 g/mol. The van der Waals surface area contributed by atoms with E-state index in [2.05, 4.69) is 15.2 Å². The van der Waals surface area contributed by atoms with E-state index < -0.39 is 17.5 Å². The Bertz CT molecular complexity index is 621. The molecule has 1 atom stereocenters. The van der Waals surface area contributed by atoms with Crippen molar-refractivity contribution in [3.05, 3.63) is 18.3 Å². The summed E-state index contributed by atoms with van der Waals surface area (Å²) in [4.78, 5) is 32.3. The first kappa shape index (κ1) is 18.8. The van der Waals surface area contributed by atoms with E-state index in [9.17, 15) is 9.59 Å². The zero-order chi connectivity index (χ0) is 18.6. The van der Waals surface area contributed by atoms with Gasteiger partial charge in [0, 0.05) is 38.4 Å². The maximum Gasteiger partial charge on any atom is 0.312 e. The number of urea groups is 1. The molecule has 1 aromatic rings. The van der Waals surface area contributed by atoms with Crippen LogP contribution in [0.4, 0.5) is 10.6 Å². The molecule has 0 spiro atoms. The first-order valence-corrected chi connectivity index (χ1v) is 8.32. The molecule has 1 saturated heterocycles. The molecule has 1 fully saturated rings. The number of anilines is 1. The second-order valence-corrected chi connectivity index (χ2v) is 7.17. The molecule has 1 unspecified atom stereocenters. The van der Waals surface area contributed by atoms with E-state index in [-0.39, 0.29) is 5.91 Å². The summed E-state index contributed by atoms with van der Waals surface area (Å²) in [5, 5.41) is 2.58. The van der Waals surface area contributed by atoms with Gasteiger partial charge >= 0.3 is 6.03 Å². The van der Waals surface area contributed by atoms with Crippen molar-refractivity contribution in [2.45, 2.75) is 26.8 Å². The Balaban J connectivity index is 2.02. The summed E-state index contributed by atoms with van der Waals surface area (Å²) < 4.78 is 5.23. The third-order valence-electron chi connectivity index (χ3n) is 4.27. The summed E-state index contributed by atoms with van der Waals surface area (Å²) in [5.74, 6) is 1.47. The Morgan fingerprint density at radius 3 is 2.44 bits per heavy atom. The Labute approximate surface area is 148 Å². The number of nitrogens with two attached hydrogens (primary N) is 1. The zero-order valence-electron chi connectivity index (χ0n) is 15.3. The van der Waals surface area contributed by atoms with E-state index in [1.165, 1.54) is 0 Å². The number of aromatic nitrogens is 1. The molecule has 0 bridgehead atoms. The lowest BCUT2D eigenvalue weighted by Crippen LogP contribution is -2.59. The van der Waals surface area contributed by atoms with Crippen LogP contribution in [0.5, 0.6) is 5.75 Å². The summed E-state index contributed by atoms with van der Waals surface area (Å²) in [6, 6.07) is 2.34. The second-order valence-electron chi connectivity index (χ2n) is 7.17. The van der Waals surface area contributed by atoms with Crippen LogP contribution in [0.2, 0.25) is 0 Å². The van der Waals surface area contributed by atoms with Crippen molar-refractivity contribution in [1.82, 2.24) is 15.2 Å². The van der Waals surface area contributed by atoms with Crippen LogP contribution < -0.4 is 20.7 Å². The minimum absolute atomic E-state index is 0.107. The molecule has 8 heteroatoms. The van der Waals surface area contributed by atoms with Gasteiger partial charge in [-0.25, -0.2) is 9.78 Å². The van der Waals surface area contributed by atoms with Crippen LogP contribution in [0, 0.1) is 5.41 Å². The Kier molecular flexibility index (Phi) is 5.71. The van der Waals surface area contributed by atoms with Crippen LogP contribution >= 0.6 is 0 Å². The molecule has 0 radical (unpaired) electrons. The summed E-state index contributed by atoms with van der Waals surface area (Å²) in [6.45, 7) is 8.17. The van der Waals surface area contributed by atoms with Crippen molar-refractivity contribution < 1.29 is 14.3 Å². The molecule has 3 N–H and O–H groups in total. The van der Waals surface area contributed by atoms with E-state index in [0.29, 0.717) is 26.2 Å². The summed E-state index contributed by atoms with van der Waals surface area (Å²) in [6.07, 6.45) is 1.71. The van der Waals surface area contributed by atoms with Gasteiger partial charge in [-0.3, -0.25) is 4.79 Å². The van der Waals surface area contributed by atoms with Crippen LogP contribution in [0.1, 0.15) is 20.8 Å². The molecular formula is C17H27N5O3. The molecule has 2 rings (SSSR count). The lowest BCUT2D eigenvalue weighted by atomic mass is 9.85. The second kappa shape index (κ2) is 7.58. The van der Waals surface area contributed by atoms with Gasteiger partial charge in [0.2, 0.25) is 5.91 Å². The molecule has 138 valence electrons. The molecule has 0 saturated carbocycles. The van der Waals surface area contributed by atoms with Crippen LogP contribution in [0.15, 0.2) is 18.3 Å². The topological polar surface area (TPSA) is 101 Å². The van der Waals surface area contributed by atoms with E-state index in [0.717, 1.165) is 11.6 Å². The lowest BCUT2D eigenvalue weighted by Gasteiger charge is -2.39. The van der Waals surface area contributed by atoms with E-state index in [1.807, 2.05) is 26.8 Å². The van der Waals surface area contributed by atoms with E-state index in [1.54, 1.807) is 24.3 Å². The largest absolute Gasteiger partial charge is 0.497 e. The van der Waals surface area contributed by atoms with Crippen LogP contribution in [0.25, 0.3) is 0 Å². The van der Waals surface area contributed by atoms with Gasteiger partial charge in [0.1, 0.15) is 17.6 Å². The van der Waals surface area contributed by atoms with Crippen LogP contribution in [0.3, 0.4) is 0 Å². The van der Waals surface area contributed by atoms with E-state index in [4.69, 9.17) is 10.5 Å².